The highest BCUT2D eigenvalue weighted by Crippen LogP contribution is 2.72. The number of aliphatic hydroxyl groups is 3. The van der Waals surface area contributed by atoms with Crippen LogP contribution in [0.3, 0.4) is 0 Å². The summed E-state index contributed by atoms with van der Waals surface area (Å²) in [4.78, 5) is 38.3. The zero-order valence-corrected chi connectivity index (χ0v) is 17.8. The topological polar surface area (TPSA) is 140 Å². The van der Waals surface area contributed by atoms with Crippen molar-refractivity contribution < 1.29 is 43.9 Å². The molecule has 0 aromatic heterocycles. The van der Waals surface area contributed by atoms with Gasteiger partial charge in [0.1, 0.15) is 12.2 Å². The zero-order valence-electron chi connectivity index (χ0n) is 17.8. The van der Waals surface area contributed by atoms with Gasteiger partial charge in [0.25, 0.3) is 0 Å². The number of rotatable bonds is 2. The molecule has 3 aliphatic carbocycles. The second-order valence-electron chi connectivity index (χ2n) is 9.99. The Morgan fingerprint density at radius 2 is 2.00 bits per heavy atom. The molecule has 9 atom stereocenters. The van der Waals surface area contributed by atoms with E-state index < -0.39 is 64.3 Å². The molecule has 0 unspecified atom stereocenters. The van der Waals surface area contributed by atoms with E-state index in [1.165, 1.54) is 0 Å². The van der Waals surface area contributed by atoms with Crippen molar-refractivity contribution in [3.8, 4) is 0 Å². The van der Waals surface area contributed by atoms with Crippen molar-refractivity contribution in [2.24, 2.45) is 28.6 Å². The van der Waals surface area contributed by atoms with Crippen LogP contribution in [0.4, 0.5) is 0 Å². The molecule has 2 bridgehead atoms. The summed E-state index contributed by atoms with van der Waals surface area (Å²) in [7, 11) is 0. The molecule has 9 nitrogen and oxygen atoms in total. The van der Waals surface area contributed by atoms with Gasteiger partial charge in [0, 0.05) is 23.7 Å². The molecule has 2 saturated carbocycles. The molecule has 170 valence electrons. The Morgan fingerprint density at radius 3 is 2.68 bits per heavy atom. The normalized spacial score (nSPS) is 50.5. The second-order valence-corrected chi connectivity index (χ2v) is 9.99. The average Bonchev–Trinajstić information content (AvgIpc) is 2.99. The van der Waals surface area contributed by atoms with Crippen LogP contribution in [0, 0.1) is 28.6 Å². The van der Waals surface area contributed by atoms with Gasteiger partial charge in [-0.05, 0) is 37.2 Å². The molecule has 2 saturated heterocycles. The molecule has 0 radical (unpaired) electrons. The van der Waals surface area contributed by atoms with Gasteiger partial charge in [-0.3, -0.25) is 9.59 Å². The molecule has 0 aromatic carbocycles. The lowest BCUT2D eigenvalue weighted by atomic mass is 9.38. The summed E-state index contributed by atoms with van der Waals surface area (Å²) < 4.78 is 17.0. The first-order valence-corrected chi connectivity index (χ1v) is 10.8. The fraction of sp³-hybridized carbons (Fsp3) is 0.773. The number of carbonyl (C=O) groups excluding carboxylic acids is 3. The molecule has 31 heavy (non-hydrogen) atoms. The van der Waals surface area contributed by atoms with E-state index in [4.69, 9.17) is 14.2 Å². The van der Waals surface area contributed by atoms with Crippen LogP contribution >= 0.6 is 0 Å². The Hall–Kier alpha value is -1.97. The fourth-order valence-electron chi connectivity index (χ4n) is 7.80. The highest BCUT2D eigenvalue weighted by molar-refractivity contribution is 5.95. The average molecular weight is 436 g/mol. The van der Waals surface area contributed by atoms with Crippen LogP contribution in [0.25, 0.3) is 0 Å². The van der Waals surface area contributed by atoms with Crippen LogP contribution in [0.2, 0.25) is 0 Å². The quantitative estimate of drug-likeness (QED) is 0.525. The Balaban J connectivity index is 1.72. The number of aliphatic hydroxyl groups excluding tert-OH is 3. The van der Waals surface area contributed by atoms with Crippen molar-refractivity contribution in [3.05, 3.63) is 11.3 Å². The van der Waals surface area contributed by atoms with Crippen molar-refractivity contribution in [1.29, 1.82) is 0 Å². The van der Waals surface area contributed by atoms with Crippen LogP contribution in [0.5, 0.6) is 0 Å². The summed E-state index contributed by atoms with van der Waals surface area (Å²) in [6.07, 6.45) is -3.55. The van der Waals surface area contributed by atoms with E-state index >= 15 is 0 Å². The Morgan fingerprint density at radius 1 is 1.29 bits per heavy atom. The standard InChI is InChI=1S/C22H28O9/c1-4-29-19(28)22-12-6-14(24)31-13-5-10-9(2)15(25)11(23)7-20(10,3)17(16(26)18(22)27)21(12,13)8-30-22/h10,12-13,16-18,25-27H,4-8H2,1-3H3/t10-,12-,13-,16-,17-,18+,20+,21-,22+/m1/s1. The number of hydrogen-bond donors (Lipinski definition) is 3. The van der Waals surface area contributed by atoms with Crippen molar-refractivity contribution in [1.82, 2.24) is 0 Å². The third-order valence-electron chi connectivity index (χ3n) is 8.91. The molecule has 2 heterocycles. The van der Waals surface area contributed by atoms with Gasteiger partial charge in [0.05, 0.1) is 25.7 Å². The fourth-order valence-corrected chi connectivity index (χ4v) is 7.80. The molecule has 0 amide bonds. The molecule has 5 aliphatic rings. The number of carbonyl (C=O) groups is 3. The van der Waals surface area contributed by atoms with Crippen LogP contribution in [-0.4, -0.2) is 70.2 Å². The van der Waals surface area contributed by atoms with Crippen LogP contribution in [-0.2, 0) is 28.6 Å². The minimum atomic E-state index is -1.86. The number of esters is 2. The number of fused-ring (bicyclic) bond motifs is 2. The van der Waals surface area contributed by atoms with Gasteiger partial charge in [0.2, 0.25) is 0 Å². The van der Waals surface area contributed by atoms with Gasteiger partial charge in [-0.15, -0.1) is 0 Å². The predicted octanol–water partition coefficient (Wildman–Crippen LogP) is 0.419. The number of ether oxygens (including phenoxy) is 3. The van der Waals surface area contributed by atoms with Crippen LogP contribution in [0.1, 0.15) is 40.0 Å². The highest BCUT2D eigenvalue weighted by Gasteiger charge is 2.82. The Kier molecular flexibility index (Phi) is 4.25. The summed E-state index contributed by atoms with van der Waals surface area (Å²) in [5.41, 5.74) is -3.13. The first-order valence-electron chi connectivity index (χ1n) is 10.8. The van der Waals surface area contributed by atoms with Crippen molar-refractivity contribution in [2.45, 2.75) is 63.9 Å². The van der Waals surface area contributed by atoms with Crippen molar-refractivity contribution >= 4 is 17.7 Å². The minimum absolute atomic E-state index is 0.00153. The van der Waals surface area contributed by atoms with Gasteiger partial charge in [0.15, 0.2) is 17.1 Å². The van der Waals surface area contributed by atoms with E-state index in [1.807, 2.05) is 6.92 Å². The van der Waals surface area contributed by atoms with Gasteiger partial charge in [-0.1, -0.05) is 6.92 Å². The van der Waals surface area contributed by atoms with E-state index in [1.54, 1.807) is 13.8 Å². The van der Waals surface area contributed by atoms with Gasteiger partial charge < -0.3 is 29.5 Å². The van der Waals surface area contributed by atoms with Crippen molar-refractivity contribution in [2.75, 3.05) is 13.2 Å². The number of hydrogen-bond acceptors (Lipinski definition) is 9. The molecule has 1 spiro atoms. The van der Waals surface area contributed by atoms with E-state index in [2.05, 4.69) is 0 Å². The molecule has 3 N–H and O–H groups in total. The summed E-state index contributed by atoms with van der Waals surface area (Å²) in [6.45, 7) is 5.24. The monoisotopic (exact) mass is 436 g/mol. The molecule has 5 rings (SSSR count). The van der Waals surface area contributed by atoms with Crippen molar-refractivity contribution in [3.63, 3.8) is 0 Å². The minimum Gasteiger partial charge on any atom is -0.504 e. The van der Waals surface area contributed by atoms with Gasteiger partial charge in [-0.25, -0.2) is 4.79 Å². The Labute approximate surface area is 179 Å². The summed E-state index contributed by atoms with van der Waals surface area (Å²) in [5.74, 6) is -3.78. The molecular formula is C22H28O9. The molecule has 2 aliphatic heterocycles. The van der Waals surface area contributed by atoms with Gasteiger partial charge in [-0.2, -0.15) is 0 Å². The summed E-state index contributed by atoms with van der Waals surface area (Å²) >= 11 is 0. The highest BCUT2D eigenvalue weighted by atomic mass is 16.6. The second kappa shape index (κ2) is 6.30. The maximum Gasteiger partial charge on any atom is 0.341 e. The molecule has 9 heteroatoms. The van der Waals surface area contributed by atoms with Crippen LogP contribution < -0.4 is 0 Å². The lowest BCUT2D eigenvalue weighted by Crippen LogP contribution is -2.76. The van der Waals surface area contributed by atoms with E-state index in [-0.39, 0.29) is 37.7 Å². The largest absolute Gasteiger partial charge is 0.504 e. The first kappa shape index (κ1) is 20.9. The third kappa shape index (κ3) is 2.19. The SMILES string of the molecule is CCOC(=O)[C@@]12OC[C@]34[C@H]([C@@H](O)[C@@H]1O)[C@@]1(C)CC(=O)C(O)=C(C)[C@H]1C[C@H]3OC(=O)C[C@@H]24. The van der Waals surface area contributed by atoms with E-state index in [9.17, 15) is 29.7 Å². The molecule has 0 aromatic rings. The summed E-state index contributed by atoms with van der Waals surface area (Å²) in [6, 6.07) is 0. The first-order chi connectivity index (χ1) is 14.6. The predicted molar refractivity (Wildman–Crippen MR) is 102 cm³/mol. The molecular weight excluding hydrogens is 408 g/mol. The lowest BCUT2D eigenvalue weighted by Gasteiger charge is -2.66. The number of Topliss-reactive ketones (excluding diaryl/α,β-unsaturated/α-hetero) is 1. The maximum atomic E-state index is 13.1. The molecule has 4 fully saturated rings. The maximum absolute atomic E-state index is 13.1. The zero-order chi connectivity index (χ0) is 22.5. The smallest absolute Gasteiger partial charge is 0.341 e. The lowest BCUT2D eigenvalue weighted by molar-refractivity contribution is -0.272. The third-order valence-corrected chi connectivity index (χ3v) is 8.91. The summed E-state index contributed by atoms with van der Waals surface area (Å²) in [5, 5.41) is 33.0. The van der Waals surface area contributed by atoms with E-state index in [0.717, 1.165) is 0 Å². The number of allylic oxidation sites excluding steroid dienone is 2. The van der Waals surface area contributed by atoms with Crippen LogP contribution in [0.15, 0.2) is 11.3 Å². The van der Waals surface area contributed by atoms with Gasteiger partial charge >= 0.3 is 11.9 Å². The Bertz CT molecular complexity index is 911. The van der Waals surface area contributed by atoms with E-state index in [0.29, 0.717) is 12.0 Å². The number of ketones is 1.